The van der Waals surface area contributed by atoms with Crippen LogP contribution >= 0.6 is 0 Å². The summed E-state index contributed by atoms with van der Waals surface area (Å²) in [6.45, 7) is -0.0867. The second kappa shape index (κ2) is 14.4. The maximum absolute atomic E-state index is 13.6. The van der Waals surface area contributed by atoms with Crippen LogP contribution in [0.2, 0.25) is 0 Å². The average molecular weight is 588 g/mol. The molecule has 3 aromatic rings. The number of carbonyl (C=O) groups is 4. The van der Waals surface area contributed by atoms with Crippen LogP contribution in [0.3, 0.4) is 0 Å². The van der Waals surface area contributed by atoms with E-state index in [0.29, 0.717) is 0 Å². The lowest BCUT2D eigenvalue weighted by molar-refractivity contribution is -0.140. The Bertz CT molecular complexity index is 1400. The number of rotatable bonds is 12. The predicted octanol–water partition coefficient (Wildman–Crippen LogP) is 0.164. The first-order valence-electron chi connectivity index (χ1n) is 14.1. The van der Waals surface area contributed by atoms with Gasteiger partial charge in [0.15, 0.2) is 0 Å². The summed E-state index contributed by atoms with van der Waals surface area (Å²) in [5, 5.41) is 25.3. The fourth-order valence-corrected chi connectivity index (χ4v) is 5.16. The summed E-state index contributed by atoms with van der Waals surface area (Å²) in [6.07, 6.45) is -0.536. The normalized spacial score (nSPS) is 18.3. The van der Waals surface area contributed by atoms with Crippen LogP contribution in [0.1, 0.15) is 23.1 Å². The summed E-state index contributed by atoms with van der Waals surface area (Å²) >= 11 is 0. The molecule has 4 amide bonds. The van der Waals surface area contributed by atoms with Crippen LogP contribution in [0.25, 0.3) is 0 Å². The van der Waals surface area contributed by atoms with Crippen molar-refractivity contribution in [1.82, 2.24) is 15.5 Å². The van der Waals surface area contributed by atoms with Crippen molar-refractivity contribution in [3.8, 4) is 5.75 Å². The maximum Gasteiger partial charge on any atom is 0.243 e. The molecule has 1 saturated heterocycles. The van der Waals surface area contributed by atoms with Gasteiger partial charge in [-0.2, -0.15) is 0 Å². The van der Waals surface area contributed by atoms with Crippen LogP contribution in [0.5, 0.6) is 5.75 Å². The maximum atomic E-state index is 13.6. The van der Waals surface area contributed by atoms with Crippen molar-refractivity contribution < 1.29 is 29.4 Å². The first-order valence-corrected chi connectivity index (χ1v) is 14.1. The van der Waals surface area contributed by atoms with Crippen molar-refractivity contribution in [2.24, 2.45) is 11.5 Å². The standard InChI is InChI=1S/C32H37N5O6/c33-25(15-22-11-13-23(38)14-12-22)32(43)37-19-24(39)18-28(37)31(42)36-27(17-21-9-5-2-6-10-21)30(41)35-26(29(34)40)16-20-7-3-1-4-8-20/h1-14,24-28,38-39H,15-19,33H2,(H2,34,40)(H,35,41)(H,36,42)/t24-,25+,26+,27+,28+/m1/s1. The number of likely N-dealkylation sites (tertiary alicyclic amines) is 1. The van der Waals surface area contributed by atoms with Crippen molar-refractivity contribution in [1.29, 1.82) is 0 Å². The smallest absolute Gasteiger partial charge is 0.243 e. The highest BCUT2D eigenvalue weighted by Crippen LogP contribution is 2.21. The molecule has 8 N–H and O–H groups in total. The highest BCUT2D eigenvalue weighted by Gasteiger charge is 2.41. The summed E-state index contributed by atoms with van der Waals surface area (Å²) in [4.78, 5) is 53.9. The third-order valence-electron chi connectivity index (χ3n) is 7.43. The summed E-state index contributed by atoms with van der Waals surface area (Å²) in [6, 6.07) is 20.2. The quantitative estimate of drug-likeness (QED) is 0.174. The number of β-amino-alcohol motifs (C(OH)–C–C–N with tert-alkyl or cyclic N) is 1. The van der Waals surface area contributed by atoms with Crippen LogP contribution in [-0.2, 0) is 38.4 Å². The minimum absolute atomic E-state index is 0.0267. The molecular weight excluding hydrogens is 550 g/mol. The molecule has 226 valence electrons. The van der Waals surface area contributed by atoms with Gasteiger partial charge in [-0.25, -0.2) is 0 Å². The molecule has 0 aliphatic carbocycles. The largest absolute Gasteiger partial charge is 0.508 e. The zero-order valence-corrected chi connectivity index (χ0v) is 23.6. The summed E-state index contributed by atoms with van der Waals surface area (Å²) in [5.41, 5.74) is 14.1. The van der Waals surface area contributed by atoms with Gasteiger partial charge in [0.25, 0.3) is 0 Å². The van der Waals surface area contributed by atoms with Gasteiger partial charge >= 0.3 is 0 Å². The molecule has 4 rings (SSSR count). The molecule has 11 nitrogen and oxygen atoms in total. The van der Waals surface area contributed by atoms with Crippen molar-refractivity contribution in [2.45, 2.75) is 56.0 Å². The van der Waals surface area contributed by atoms with E-state index in [2.05, 4.69) is 10.6 Å². The van der Waals surface area contributed by atoms with Gasteiger partial charge in [0, 0.05) is 25.8 Å². The van der Waals surface area contributed by atoms with E-state index >= 15 is 0 Å². The molecular formula is C32H37N5O6. The first-order chi connectivity index (χ1) is 20.6. The zero-order valence-electron chi connectivity index (χ0n) is 23.6. The van der Waals surface area contributed by atoms with E-state index in [-0.39, 0.29) is 38.0 Å². The number of phenols is 1. The number of benzene rings is 3. The van der Waals surface area contributed by atoms with E-state index in [1.165, 1.54) is 17.0 Å². The van der Waals surface area contributed by atoms with E-state index in [1.807, 2.05) is 36.4 Å². The van der Waals surface area contributed by atoms with E-state index in [4.69, 9.17) is 11.5 Å². The Morgan fingerprint density at radius 1 is 0.791 bits per heavy atom. The Balaban J connectivity index is 1.49. The summed E-state index contributed by atoms with van der Waals surface area (Å²) in [7, 11) is 0. The molecule has 0 saturated carbocycles. The van der Waals surface area contributed by atoms with E-state index in [1.54, 1.807) is 36.4 Å². The fraction of sp³-hybridized carbons (Fsp3) is 0.312. The number of phenolic OH excluding ortho intramolecular Hbond substituents is 1. The molecule has 3 aromatic carbocycles. The number of amides is 4. The Kier molecular flexibility index (Phi) is 10.5. The number of nitrogens with one attached hydrogen (secondary N) is 2. The SMILES string of the molecule is NC(=O)[C@H](Cc1ccccc1)NC(=O)[C@H](Cc1ccccc1)NC(=O)[C@@H]1C[C@@H](O)CN1C(=O)[C@@H](N)Cc1ccc(O)cc1. The van der Waals surface area contributed by atoms with Gasteiger partial charge in [0.1, 0.15) is 23.9 Å². The van der Waals surface area contributed by atoms with E-state index < -0.39 is 53.9 Å². The third-order valence-corrected chi connectivity index (χ3v) is 7.43. The molecule has 0 aromatic heterocycles. The average Bonchev–Trinajstić information content (AvgIpc) is 3.39. The number of nitrogens with two attached hydrogens (primary N) is 2. The molecule has 1 aliphatic heterocycles. The third kappa shape index (κ3) is 8.63. The molecule has 1 heterocycles. The van der Waals surface area contributed by atoms with E-state index in [9.17, 15) is 29.4 Å². The van der Waals surface area contributed by atoms with E-state index in [0.717, 1.165) is 16.7 Å². The van der Waals surface area contributed by atoms with Crippen LogP contribution in [0.15, 0.2) is 84.9 Å². The van der Waals surface area contributed by atoms with Crippen molar-refractivity contribution in [3.63, 3.8) is 0 Å². The van der Waals surface area contributed by atoms with Gasteiger partial charge in [-0.15, -0.1) is 0 Å². The topological polar surface area (TPSA) is 188 Å². The zero-order chi connectivity index (χ0) is 30.9. The molecule has 11 heteroatoms. The highest BCUT2D eigenvalue weighted by molar-refractivity contribution is 5.95. The number of aliphatic hydroxyl groups excluding tert-OH is 1. The van der Waals surface area contributed by atoms with Gasteiger partial charge in [-0.1, -0.05) is 72.8 Å². The second-order valence-electron chi connectivity index (χ2n) is 10.8. The molecule has 1 aliphatic rings. The van der Waals surface area contributed by atoms with Gasteiger partial charge in [-0.05, 0) is 35.2 Å². The van der Waals surface area contributed by atoms with Gasteiger partial charge < -0.3 is 37.2 Å². The Hall–Kier alpha value is -4.74. The molecule has 0 unspecified atom stereocenters. The number of aliphatic hydroxyl groups is 1. The molecule has 0 bridgehead atoms. The molecule has 1 fully saturated rings. The van der Waals surface area contributed by atoms with Gasteiger partial charge in [0.05, 0.1) is 12.1 Å². The highest BCUT2D eigenvalue weighted by atomic mass is 16.3. The minimum atomic E-state index is -1.10. The number of primary amides is 1. The lowest BCUT2D eigenvalue weighted by Crippen LogP contribution is -2.58. The van der Waals surface area contributed by atoms with Crippen molar-refractivity contribution >= 4 is 23.6 Å². The lowest BCUT2D eigenvalue weighted by Gasteiger charge is -2.28. The second-order valence-corrected chi connectivity index (χ2v) is 10.8. The van der Waals surface area contributed by atoms with Gasteiger partial charge in [-0.3, -0.25) is 19.2 Å². The van der Waals surface area contributed by atoms with Crippen LogP contribution in [0.4, 0.5) is 0 Å². The summed E-state index contributed by atoms with van der Waals surface area (Å²) in [5.74, 6) is -2.40. The molecule has 0 radical (unpaired) electrons. The number of nitrogens with zero attached hydrogens (tertiary/aromatic N) is 1. The predicted molar refractivity (Wildman–Crippen MR) is 159 cm³/mol. The first kappa shape index (κ1) is 31.2. The van der Waals surface area contributed by atoms with Crippen LogP contribution < -0.4 is 22.1 Å². The number of aromatic hydroxyl groups is 1. The summed E-state index contributed by atoms with van der Waals surface area (Å²) < 4.78 is 0. The number of carbonyl (C=O) groups excluding carboxylic acids is 4. The molecule has 43 heavy (non-hydrogen) atoms. The fourth-order valence-electron chi connectivity index (χ4n) is 5.16. The van der Waals surface area contributed by atoms with Crippen molar-refractivity contribution in [3.05, 3.63) is 102 Å². The number of hydrogen-bond donors (Lipinski definition) is 6. The minimum Gasteiger partial charge on any atom is -0.508 e. The van der Waals surface area contributed by atoms with Crippen LogP contribution in [0, 0.1) is 0 Å². The Labute approximate surface area is 249 Å². The lowest BCUT2D eigenvalue weighted by atomic mass is 10.0. The Morgan fingerprint density at radius 2 is 1.33 bits per heavy atom. The monoisotopic (exact) mass is 587 g/mol. The van der Waals surface area contributed by atoms with Gasteiger partial charge in [0.2, 0.25) is 23.6 Å². The molecule has 5 atom stereocenters. The van der Waals surface area contributed by atoms with Crippen molar-refractivity contribution in [2.75, 3.05) is 6.54 Å². The van der Waals surface area contributed by atoms with Crippen LogP contribution in [-0.4, -0.2) is 75.6 Å². The number of hydrogen-bond acceptors (Lipinski definition) is 7. The molecule has 0 spiro atoms. The Morgan fingerprint density at radius 3 is 1.88 bits per heavy atom.